The number of carbonyl (C=O) groups excluding carboxylic acids is 1. The van der Waals surface area contributed by atoms with Gasteiger partial charge in [-0.3, -0.25) is 14.5 Å². The number of nitrogens with one attached hydrogen (secondary N) is 1. The minimum Gasteiger partial charge on any atom is -0.480 e. The number of carboxylic acids is 1. The monoisotopic (exact) mass is 360 g/mol. The molecule has 1 heterocycles. The molecule has 1 aromatic carbocycles. The molecule has 5 nitrogen and oxygen atoms in total. The number of hydrogen-bond donors (Lipinski definition) is 2. The van der Waals surface area contributed by atoms with Gasteiger partial charge in [-0.25, -0.2) is 0 Å². The highest BCUT2D eigenvalue weighted by Gasteiger charge is 2.30. The van der Waals surface area contributed by atoms with Crippen molar-refractivity contribution in [2.24, 2.45) is 5.92 Å². The summed E-state index contributed by atoms with van der Waals surface area (Å²) in [6, 6.07) is 7.79. The van der Waals surface area contributed by atoms with Gasteiger partial charge in [0, 0.05) is 0 Å². The van der Waals surface area contributed by atoms with Crippen molar-refractivity contribution >= 4 is 11.9 Å². The van der Waals surface area contributed by atoms with E-state index in [4.69, 9.17) is 0 Å². The van der Waals surface area contributed by atoms with E-state index >= 15 is 0 Å². The predicted molar refractivity (Wildman–Crippen MR) is 103 cm³/mol. The second kappa shape index (κ2) is 9.17. The lowest BCUT2D eigenvalue weighted by Crippen LogP contribution is -2.49. The maximum Gasteiger partial charge on any atom is 0.320 e. The van der Waals surface area contributed by atoms with Gasteiger partial charge in [0.15, 0.2) is 0 Å². The van der Waals surface area contributed by atoms with Crippen molar-refractivity contribution in [1.82, 2.24) is 10.2 Å². The molecular weight excluding hydrogens is 328 g/mol. The summed E-state index contributed by atoms with van der Waals surface area (Å²) in [6.07, 6.45) is 2.47. The Bertz CT molecular complexity index is 610. The van der Waals surface area contributed by atoms with Crippen LogP contribution in [0.4, 0.5) is 0 Å². The van der Waals surface area contributed by atoms with E-state index in [0.29, 0.717) is 18.9 Å². The maximum atomic E-state index is 12.6. The highest BCUT2D eigenvalue weighted by Crippen LogP contribution is 2.24. The standard InChI is InChI=1S/C21H32N2O3/c1-14(2)16-8-10-17(11-9-16)20(15(3)4)22-19(24)13-23-12-6-5-7-18(23)21(25)26/h8-11,14-15,18,20H,5-7,12-13H2,1-4H3,(H,22,24)(H,25,26). The second-order valence-electron chi connectivity index (χ2n) is 7.93. The Morgan fingerprint density at radius 2 is 1.73 bits per heavy atom. The number of piperidine rings is 1. The predicted octanol–water partition coefficient (Wildman–Crippen LogP) is 3.56. The van der Waals surface area contributed by atoms with Gasteiger partial charge in [-0.05, 0) is 42.3 Å². The fraction of sp³-hybridized carbons (Fsp3) is 0.619. The number of aliphatic carboxylic acids is 1. The van der Waals surface area contributed by atoms with Crippen molar-refractivity contribution < 1.29 is 14.7 Å². The molecule has 0 saturated carbocycles. The molecule has 1 amide bonds. The van der Waals surface area contributed by atoms with E-state index < -0.39 is 12.0 Å². The van der Waals surface area contributed by atoms with Crippen molar-refractivity contribution in [3.8, 4) is 0 Å². The van der Waals surface area contributed by atoms with Crippen LogP contribution in [0, 0.1) is 5.92 Å². The fourth-order valence-corrected chi connectivity index (χ4v) is 3.59. The summed E-state index contributed by atoms with van der Waals surface area (Å²) in [5, 5.41) is 12.5. The normalized spacial score (nSPS) is 19.5. The Balaban J connectivity index is 2.04. The molecule has 5 heteroatoms. The first kappa shape index (κ1) is 20.4. The summed E-state index contributed by atoms with van der Waals surface area (Å²) in [6.45, 7) is 9.30. The summed E-state index contributed by atoms with van der Waals surface area (Å²) >= 11 is 0. The number of likely N-dealkylation sites (tertiary alicyclic amines) is 1. The fourth-order valence-electron chi connectivity index (χ4n) is 3.59. The lowest BCUT2D eigenvalue weighted by Gasteiger charge is -2.33. The lowest BCUT2D eigenvalue weighted by molar-refractivity contribution is -0.145. The first-order valence-corrected chi connectivity index (χ1v) is 9.65. The van der Waals surface area contributed by atoms with Crippen LogP contribution in [0.1, 0.15) is 70.0 Å². The van der Waals surface area contributed by atoms with Crippen LogP contribution in [-0.4, -0.2) is 41.0 Å². The summed E-state index contributed by atoms with van der Waals surface area (Å²) in [4.78, 5) is 25.8. The van der Waals surface area contributed by atoms with E-state index in [1.165, 1.54) is 5.56 Å². The zero-order chi connectivity index (χ0) is 19.3. The quantitative estimate of drug-likeness (QED) is 0.780. The van der Waals surface area contributed by atoms with Gasteiger partial charge in [-0.2, -0.15) is 0 Å². The SMILES string of the molecule is CC(C)c1ccc(C(NC(=O)CN2CCCCC2C(=O)O)C(C)C)cc1. The minimum absolute atomic E-state index is 0.0724. The molecule has 1 saturated heterocycles. The number of carboxylic acid groups (broad SMARTS) is 1. The highest BCUT2D eigenvalue weighted by molar-refractivity contribution is 5.80. The number of rotatable bonds is 7. The number of nitrogens with zero attached hydrogens (tertiary/aromatic N) is 1. The van der Waals surface area contributed by atoms with Crippen LogP contribution in [0.3, 0.4) is 0 Å². The highest BCUT2D eigenvalue weighted by atomic mass is 16.4. The molecule has 0 aliphatic carbocycles. The Kier molecular flexibility index (Phi) is 7.21. The summed E-state index contributed by atoms with van der Waals surface area (Å²) in [7, 11) is 0. The summed E-state index contributed by atoms with van der Waals surface area (Å²) in [5.41, 5.74) is 2.37. The van der Waals surface area contributed by atoms with Crippen molar-refractivity contribution in [1.29, 1.82) is 0 Å². The van der Waals surface area contributed by atoms with Gasteiger partial charge >= 0.3 is 5.97 Å². The number of benzene rings is 1. The molecule has 2 atom stereocenters. The third kappa shape index (κ3) is 5.31. The van der Waals surface area contributed by atoms with E-state index in [1.807, 2.05) is 0 Å². The van der Waals surface area contributed by atoms with Gasteiger partial charge in [-0.1, -0.05) is 58.4 Å². The smallest absolute Gasteiger partial charge is 0.320 e. The van der Waals surface area contributed by atoms with Crippen molar-refractivity contribution in [3.05, 3.63) is 35.4 Å². The number of amides is 1. The van der Waals surface area contributed by atoms with Gasteiger partial charge in [0.05, 0.1) is 12.6 Å². The largest absolute Gasteiger partial charge is 0.480 e. The molecule has 26 heavy (non-hydrogen) atoms. The average Bonchev–Trinajstić information content (AvgIpc) is 2.59. The third-order valence-corrected chi connectivity index (χ3v) is 5.19. The van der Waals surface area contributed by atoms with Gasteiger partial charge in [0.2, 0.25) is 5.91 Å². The Labute approximate surface area is 156 Å². The van der Waals surface area contributed by atoms with Crippen LogP contribution in [0.15, 0.2) is 24.3 Å². The zero-order valence-electron chi connectivity index (χ0n) is 16.4. The van der Waals surface area contributed by atoms with E-state index in [0.717, 1.165) is 18.4 Å². The molecular formula is C21H32N2O3. The molecule has 0 bridgehead atoms. The van der Waals surface area contributed by atoms with Crippen LogP contribution in [0.25, 0.3) is 0 Å². The molecule has 144 valence electrons. The number of carbonyl (C=O) groups is 2. The average molecular weight is 360 g/mol. The first-order chi connectivity index (χ1) is 12.3. The van der Waals surface area contributed by atoms with Crippen molar-refractivity contribution in [2.75, 3.05) is 13.1 Å². The molecule has 0 radical (unpaired) electrons. The van der Waals surface area contributed by atoms with Gasteiger partial charge in [0.25, 0.3) is 0 Å². The van der Waals surface area contributed by atoms with E-state index in [2.05, 4.69) is 57.3 Å². The lowest BCUT2D eigenvalue weighted by atomic mass is 9.93. The van der Waals surface area contributed by atoms with Crippen molar-refractivity contribution in [2.45, 2.75) is 65.0 Å². The molecule has 2 N–H and O–H groups in total. The van der Waals surface area contributed by atoms with Crippen LogP contribution in [0.2, 0.25) is 0 Å². The molecule has 2 rings (SSSR count). The van der Waals surface area contributed by atoms with Gasteiger partial charge in [0.1, 0.15) is 6.04 Å². The molecule has 1 aliphatic heterocycles. The van der Waals surface area contributed by atoms with E-state index in [-0.39, 0.29) is 24.4 Å². The van der Waals surface area contributed by atoms with Crippen LogP contribution in [0.5, 0.6) is 0 Å². The van der Waals surface area contributed by atoms with Gasteiger partial charge < -0.3 is 10.4 Å². The van der Waals surface area contributed by atoms with E-state index in [9.17, 15) is 14.7 Å². The minimum atomic E-state index is -0.831. The van der Waals surface area contributed by atoms with Crippen LogP contribution >= 0.6 is 0 Å². The Morgan fingerprint density at radius 3 is 2.27 bits per heavy atom. The molecule has 1 fully saturated rings. The Morgan fingerprint density at radius 1 is 1.12 bits per heavy atom. The first-order valence-electron chi connectivity index (χ1n) is 9.65. The summed E-state index contributed by atoms with van der Waals surface area (Å²) in [5.74, 6) is -0.212. The molecule has 2 unspecified atom stereocenters. The zero-order valence-corrected chi connectivity index (χ0v) is 16.4. The van der Waals surface area contributed by atoms with E-state index in [1.54, 1.807) is 4.90 Å². The Hall–Kier alpha value is -1.88. The maximum absolute atomic E-state index is 12.6. The van der Waals surface area contributed by atoms with Crippen LogP contribution < -0.4 is 5.32 Å². The third-order valence-electron chi connectivity index (χ3n) is 5.19. The van der Waals surface area contributed by atoms with Crippen LogP contribution in [-0.2, 0) is 9.59 Å². The second-order valence-corrected chi connectivity index (χ2v) is 7.93. The van der Waals surface area contributed by atoms with Gasteiger partial charge in [-0.15, -0.1) is 0 Å². The molecule has 0 spiro atoms. The molecule has 1 aromatic rings. The molecule has 1 aliphatic rings. The number of hydrogen-bond acceptors (Lipinski definition) is 3. The van der Waals surface area contributed by atoms with Crippen molar-refractivity contribution in [3.63, 3.8) is 0 Å². The molecule has 0 aromatic heterocycles. The summed E-state index contributed by atoms with van der Waals surface area (Å²) < 4.78 is 0. The topological polar surface area (TPSA) is 69.6 Å².